The van der Waals surface area contributed by atoms with E-state index in [2.05, 4.69) is 5.32 Å². The molecule has 31 heavy (non-hydrogen) atoms. The highest BCUT2D eigenvalue weighted by Gasteiger charge is 2.43. The molecule has 2 aromatic carbocycles. The van der Waals surface area contributed by atoms with Gasteiger partial charge in [0.1, 0.15) is 0 Å². The van der Waals surface area contributed by atoms with Crippen LogP contribution in [0, 0.1) is 10.1 Å². The number of carbonyl (C=O) groups is 3. The Morgan fingerprint density at radius 2 is 1.68 bits per heavy atom. The van der Waals surface area contributed by atoms with E-state index in [1.807, 2.05) is 0 Å². The second-order valence-electron chi connectivity index (χ2n) is 7.16. The molecule has 1 unspecified atom stereocenters. The minimum atomic E-state index is -0.902. The van der Waals surface area contributed by atoms with Crippen LogP contribution < -0.4 is 5.32 Å². The molecule has 8 heteroatoms. The Balaban J connectivity index is 1.93. The molecule has 0 saturated carbocycles. The van der Waals surface area contributed by atoms with Gasteiger partial charge < -0.3 is 10.1 Å². The van der Waals surface area contributed by atoms with Crippen molar-refractivity contribution in [3.8, 4) is 0 Å². The first-order chi connectivity index (χ1) is 14.8. The maximum Gasteiger partial charge on any atom is 0.336 e. The van der Waals surface area contributed by atoms with Crippen molar-refractivity contribution < 1.29 is 24.0 Å². The van der Waals surface area contributed by atoms with Gasteiger partial charge in [0.2, 0.25) is 5.78 Å². The number of fused-ring (bicyclic) bond motifs is 1. The summed E-state index contributed by atoms with van der Waals surface area (Å²) in [6.07, 6.45) is 0. The molecule has 1 heterocycles. The van der Waals surface area contributed by atoms with Crippen LogP contribution in [0.3, 0.4) is 0 Å². The molecule has 0 fully saturated rings. The summed E-state index contributed by atoms with van der Waals surface area (Å²) in [5.41, 5.74) is 1.71. The number of nitrogens with zero attached hydrogens (tertiary/aromatic N) is 1. The molecule has 0 bridgehead atoms. The highest BCUT2D eigenvalue weighted by atomic mass is 16.6. The van der Waals surface area contributed by atoms with Crippen LogP contribution in [0.4, 0.5) is 5.69 Å². The van der Waals surface area contributed by atoms with Crippen molar-refractivity contribution in [2.24, 2.45) is 0 Å². The molecule has 0 amide bonds. The van der Waals surface area contributed by atoms with Crippen molar-refractivity contribution in [1.29, 1.82) is 0 Å². The summed E-state index contributed by atoms with van der Waals surface area (Å²) in [6.45, 7) is 3.43. The first-order valence-corrected chi connectivity index (χ1v) is 9.67. The lowest BCUT2D eigenvalue weighted by Gasteiger charge is -2.33. The predicted octanol–water partition coefficient (Wildman–Crippen LogP) is 3.45. The number of allylic oxidation sites excluding steroid dienone is 3. The Morgan fingerprint density at radius 1 is 1.06 bits per heavy atom. The molecule has 0 spiro atoms. The van der Waals surface area contributed by atoms with Crippen LogP contribution in [0.1, 0.15) is 46.0 Å². The number of Topliss-reactive ketones (excluding diaryl/α,β-unsaturated/α-hetero) is 2. The van der Waals surface area contributed by atoms with E-state index in [9.17, 15) is 24.5 Å². The molecule has 1 N–H and O–H groups in total. The van der Waals surface area contributed by atoms with Gasteiger partial charge in [-0.25, -0.2) is 4.79 Å². The van der Waals surface area contributed by atoms with Crippen molar-refractivity contribution in [2.45, 2.75) is 19.8 Å². The van der Waals surface area contributed by atoms with Gasteiger partial charge >= 0.3 is 5.97 Å². The lowest BCUT2D eigenvalue weighted by molar-refractivity contribution is -0.384. The third kappa shape index (κ3) is 3.22. The quantitative estimate of drug-likeness (QED) is 0.459. The number of esters is 1. The number of dihydropyridines is 1. The number of nitrogens with one attached hydrogen (secondary N) is 1. The van der Waals surface area contributed by atoms with Crippen LogP contribution in [-0.4, -0.2) is 29.1 Å². The Morgan fingerprint density at radius 3 is 2.26 bits per heavy atom. The zero-order chi connectivity index (χ0) is 22.3. The van der Waals surface area contributed by atoms with Crippen molar-refractivity contribution >= 4 is 23.2 Å². The van der Waals surface area contributed by atoms with Crippen molar-refractivity contribution in [3.63, 3.8) is 0 Å². The average molecular weight is 418 g/mol. The van der Waals surface area contributed by atoms with Crippen LogP contribution in [0.15, 0.2) is 71.1 Å². The molecule has 2 aromatic rings. The van der Waals surface area contributed by atoms with Gasteiger partial charge in [-0.15, -0.1) is 0 Å². The second-order valence-corrected chi connectivity index (χ2v) is 7.16. The van der Waals surface area contributed by atoms with Gasteiger partial charge in [-0.05, 0) is 19.4 Å². The Bertz CT molecular complexity index is 1210. The summed E-state index contributed by atoms with van der Waals surface area (Å²) in [4.78, 5) is 50.0. The zero-order valence-electron chi connectivity index (χ0n) is 16.8. The van der Waals surface area contributed by atoms with Crippen LogP contribution in [-0.2, 0) is 9.53 Å². The number of non-ortho nitro benzene ring substituents is 1. The number of nitro groups is 1. The first-order valence-electron chi connectivity index (χ1n) is 9.67. The van der Waals surface area contributed by atoms with Gasteiger partial charge in [0.05, 0.1) is 22.8 Å². The fourth-order valence-corrected chi connectivity index (χ4v) is 4.01. The number of nitro benzene ring substituents is 1. The summed E-state index contributed by atoms with van der Waals surface area (Å²) in [6, 6.07) is 12.1. The van der Waals surface area contributed by atoms with E-state index in [4.69, 9.17) is 4.74 Å². The summed E-state index contributed by atoms with van der Waals surface area (Å²) in [5, 5.41) is 14.0. The van der Waals surface area contributed by atoms with E-state index in [0.29, 0.717) is 11.3 Å². The Hall–Kier alpha value is -4.07. The van der Waals surface area contributed by atoms with Crippen molar-refractivity contribution in [1.82, 2.24) is 5.32 Å². The Kier molecular flexibility index (Phi) is 4.98. The number of rotatable bonds is 4. The minimum absolute atomic E-state index is 0.109. The van der Waals surface area contributed by atoms with E-state index >= 15 is 0 Å². The molecule has 1 atom stereocenters. The first kappa shape index (κ1) is 20.2. The maximum absolute atomic E-state index is 13.5. The summed E-state index contributed by atoms with van der Waals surface area (Å²) in [7, 11) is 0. The molecule has 2 aliphatic rings. The van der Waals surface area contributed by atoms with Gasteiger partial charge in [-0.1, -0.05) is 36.4 Å². The number of hydrogen-bond donors (Lipinski definition) is 1. The predicted molar refractivity (Wildman–Crippen MR) is 110 cm³/mol. The van der Waals surface area contributed by atoms with Crippen LogP contribution in [0.2, 0.25) is 0 Å². The van der Waals surface area contributed by atoms with Gasteiger partial charge in [0.15, 0.2) is 5.78 Å². The number of ketones is 2. The van der Waals surface area contributed by atoms with Crippen molar-refractivity contribution in [3.05, 3.63) is 97.9 Å². The Labute approximate surface area is 177 Å². The van der Waals surface area contributed by atoms with E-state index in [1.165, 1.54) is 24.3 Å². The largest absolute Gasteiger partial charge is 0.463 e. The standard InChI is InChI=1S/C23H18N2O6/c1-3-31-23(28)17-12(2)24-20-19(18(17)13-8-10-14(11-9-13)25(29)30)21(26)15-6-4-5-7-16(15)22(20)27/h4-11,18,24H,3H2,1-2H3. The summed E-state index contributed by atoms with van der Waals surface area (Å²) >= 11 is 0. The molecule has 8 nitrogen and oxygen atoms in total. The highest BCUT2D eigenvalue weighted by molar-refractivity contribution is 6.28. The van der Waals surface area contributed by atoms with Gasteiger partial charge in [0.25, 0.3) is 5.69 Å². The van der Waals surface area contributed by atoms with Crippen LogP contribution >= 0.6 is 0 Å². The van der Waals surface area contributed by atoms with Gasteiger partial charge in [-0.3, -0.25) is 19.7 Å². The zero-order valence-corrected chi connectivity index (χ0v) is 16.8. The molecular formula is C23H18N2O6. The molecule has 1 aliphatic heterocycles. The fourth-order valence-electron chi connectivity index (χ4n) is 4.01. The summed E-state index contributed by atoms with van der Waals surface area (Å²) < 4.78 is 5.21. The maximum atomic E-state index is 13.5. The fraction of sp³-hybridized carbons (Fsp3) is 0.174. The van der Waals surface area contributed by atoms with Crippen LogP contribution in [0.25, 0.3) is 0 Å². The van der Waals surface area contributed by atoms with Crippen LogP contribution in [0.5, 0.6) is 0 Å². The molecule has 1 aliphatic carbocycles. The third-order valence-corrected chi connectivity index (χ3v) is 5.38. The number of carbonyl (C=O) groups excluding carboxylic acids is 3. The van der Waals surface area contributed by atoms with Gasteiger partial charge in [0, 0.05) is 40.4 Å². The minimum Gasteiger partial charge on any atom is -0.463 e. The van der Waals surface area contributed by atoms with E-state index < -0.39 is 16.8 Å². The third-order valence-electron chi connectivity index (χ3n) is 5.38. The average Bonchev–Trinajstić information content (AvgIpc) is 2.76. The molecule has 4 rings (SSSR count). The number of ether oxygens (including phenoxy) is 1. The smallest absolute Gasteiger partial charge is 0.336 e. The molecule has 0 aromatic heterocycles. The normalized spacial score (nSPS) is 17.7. The van der Waals surface area contributed by atoms with Gasteiger partial charge in [-0.2, -0.15) is 0 Å². The lowest BCUT2D eigenvalue weighted by atomic mass is 9.73. The second kappa shape index (κ2) is 7.64. The molecule has 0 radical (unpaired) electrons. The molecular weight excluding hydrogens is 400 g/mol. The number of hydrogen-bond acceptors (Lipinski definition) is 7. The van der Waals surface area contributed by atoms with E-state index in [1.54, 1.807) is 38.1 Å². The van der Waals surface area contributed by atoms with E-state index in [0.717, 1.165) is 0 Å². The molecule has 0 saturated heterocycles. The topological polar surface area (TPSA) is 116 Å². The summed E-state index contributed by atoms with van der Waals surface area (Å²) in [5.74, 6) is -2.25. The van der Waals surface area contributed by atoms with Crippen molar-refractivity contribution in [2.75, 3.05) is 6.61 Å². The SMILES string of the molecule is CCOC(=O)C1=C(C)NC2=C(C(=O)c3ccccc3C2=O)C1c1ccc([N+](=O)[O-])cc1. The number of benzene rings is 2. The molecule has 156 valence electrons. The monoisotopic (exact) mass is 418 g/mol. The lowest BCUT2D eigenvalue weighted by Crippen LogP contribution is -2.38. The van der Waals surface area contributed by atoms with E-state index in [-0.39, 0.29) is 51.8 Å². The highest BCUT2D eigenvalue weighted by Crippen LogP contribution is 2.43.